The summed E-state index contributed by atoms with van der Waals surface area (Å²) in [6.07, 6.45) is -0.217. The average Bonchev–Trinajstić information content (AvgIpc) is 2.28. The largest absolute Gasteiger partial charge is 0.481 e. The first-order valence-corrected chi connectivity index (χ1v) is 3.80. The monoisotopic (exact) mass is 173 g/mol. The second kappa shape index (κ2) is 3.53. The molecule has 1 fully saturated rings. The van der Waals surface area contributed by atoms with E-state index in [9.17, 15) is 9.59 Å². The number of carbonyl (C=O) groups excluding carboxylic acids is 1. The molecule has 0 spiro atoms. The molecule has 1 heterocycles. The molecule has 0 bridgehead atoms. The highest BCUT2D eigenvalue weighted by Gasteiger charge is 2.29. The molecular weight excluding hydrogens is 162 g/mol. The van der Waals surface area contributed by atoms with Crippen LogP contribution in [0, 0.1) is 0 Å². The van der Waals surface area contributed by atoms with Gasteiger partial charge in [-0.1, -0.05) is 0 Å². The molecule has 12 heavy (non-hydrogen) atoms. The van der Waals surface area contributed by atoms with Crippen LogP contribution in [0.3, 0.4) is 0 Å². The fourth-order valence-electron chi connectivity index (χ4n) is 1.22. The second-order valence-corrected chi connectivity index (χ2v) is 2.89. The highest BCUT2D eigenvalue weighted by Crippen LogP contribution is 2.12. The highest BCUT2D eigenvalue weighted by molar-refractivity contribution is 5.83. The standard InChI is InChI=1S/C7H11NO4/c9-5-3-4(8-7(5)12)1-2-6(10)11/h4-5,9H,1-3H2,(H,8,12)(H,10,11). The summed E-state index contributed by atoms with van der Waals surface area (Å²) in [4.78, 5) is 20.9. The predicted molar refractivity (Wildman–Crippen MR) is 39.4 cm³/mol. The molecule has 0 aromatic heterocycles. The van der Waals surface area contributed by atoms with Crippen molar-refractivity contribution in [3.63, 3.8) is 0 Å². The van der Waals surface area contributed by atoms with Crippen molar-refractivity contribution in [1.29, 1.82) is 0 Å². The highest BCUT2D eigenvalue weighted by atomic mass is 16.4. The molecule has 1 saturated heterocycles. The molecule has 0 aromatic carbocycles. The van der Waals surface area contributed by atoms with E-state index in [1.165, 1.54) is 0 Å². The van der Waals surface area contributed by atoms with E-state index in [0.717, 1.165) is 0 Å². The van der Waals surface area contributed by atoms with E-state index in [2.05, 4.69) is 5.32 Å². The summed E-state index contributed by atoms with van der Waals surface area (Å²) < 4.78 is 0. The normalized spacial score (nSPS) is 28.6. The van der Waals surface area contributed by atoms with Gasteiger partial charge in [-0.15, -0.1) is 0 Å². The minimum atomic E-state index is -0.955. The quantitative estimate of drug-likeness (QED) is 0.516. The molecule has 0 aromatic rings. The van der Waals surface area contributed by atoms with Crippen LogP contribution in [-0.4, -0.2) is 34.2 Å². The lowest BCUT2D eigenvalue weighted by atomic mass is 10.1. The van der Waals surface area contributed by atoms with Crippen LogP contribution < -0.4 is 5.32 Å². The molecule has 0 aliphatic carbocycles. The Morgan fingerprint density at radius 1 is 1.67 bits per heavy atom. The van der Waals surface area contributed by atoms with E-state index in [4.69, 9.17) is 10.2 Å². The Labute approximate surface area is 69.4 Å². The zero-order valence-corrected chi connectivity index (χ0v) is 6.49. The molecule has 3 N–H and O–H groups in total. The first kappa shape index (κ1) is 8.99. The van der Waals surface area contributed by atoms with Gasteiger partial charge in [-0.25, -0.2) is 0 Å². The van der Waals surface area contributed by atoms with E-state index in [1.807, 2.05) is 0 Å². The van der Waals surface area contributed by atoms with Crippen molar-refractivity contribution in [2.45, 2.75) is 31.4 Å². The number of carbonyl (C=O) groups is 2. The number of rotatable bonds is 3. The minimum Gasteiger partial charge on any atom is -0.481 e. The zero-order chi connectivity index (χ0) is 9.14. The van der Waals surface area contributed by atoms with Gasteiger partial charge in [-0.2, -0.15) is 0 Å². The van der Waals surface area contributed by atoms with Crippen LogP contribution in [0.4, 0.5) is 0 Å². The molecule has 1 aliphatic heterocycles. The van der Waals surface area contributed by atoms with E-state index >= 15 is 0 Å². The number of hydrogen-bond acceptors (Lipinski definition) is 3. The van der Waals surface area contributed by atoms with Gasteiger partial charge in [0.1, 0.15) is 6.10 Å². The van der Waals surface area contributed by atoms with Crippen molar-refractivity contribution in [2.24, 2.45) is 0 Å². The number of carboxylic acid groups (broad SMARTS) is 1. The van der Waals surface area contributed by atoms with Crippen molar-refractivity contribution < 1.29 is 19.8 Å². The molecule has 1 rings (SSSR count). The summed E-state index contributed by atoms with van der Waals surface area (Å²) in [5.74, 6) is -1.28. The summed E-state index contributed by atoms with van der Waals surface area (Å²) in [5, 5.41) is 19.8. The van der Waals surface area contributed by atoms with Gasteiger partial charge < -0.3 is 15.5 Å². The molecule has 1 amide bonds. The number of aliphatic hydroxyl groups is 1. The predicted octanol–water partition coefficient (Wildman–Crippen LogP) is -0.899. The smallest absolute Gasteiger partial charge is 0.303 e. The molecule has 5 nitrogen and oxygen atoms in total. The number of nitrogens with one attached hydrogen (secondary N) is 1. The number of hydrogen-bond donors (Lipinski definition) is 3. The Hall–Kier alpha value is -1.10. The lowest BCUT2D eigenvalue weighted by molar-refractivity contribution is -0.137. The number of carboxylic acids is 1. The van der Waals surface area contributed by atoms with Crippen LogP contribution in [0.5, 0.6) is 0 Å². The Morgan fingerprint density at radius 3 is 2.75 bits per heavy atom. The molecule has 0 radical (unpaired) electrons. The van der Waals surface area contributed by atoms with Crippen LogP contribution in [0.15, 0.2) is 0 Å². The first-order valence-electron chi connectivity index (χ1n) is 3.80. The summed E-state index contributed by atoms with van der Waals surface area (Å²) in [5.41, 5.74) is 0. The van der Waals surface area contributed by atoms with E-state index in [1.54, 1.807) is 0 Å². The Morgan fingerprint density at radius 2 is 2.33 bits per heavy atom. The van der Waals surface area contributed by atoms with Crippen LogP contribution >= 0.6 is 0 Å². The number of aliphatic carboxylic acids is 1. The summed E-state index contributed by atoms with van der Waals surface area (Å²) >= 11 is 0. The van der Waals surface area contributed by atoms with Gasteiger partial charge in [0.2, 0.25) is 5.91 Å². The van der Waals surface area contributed by atoms with Gasteiger partial charge in [-0.05, 0) is 6.42 Å². The molecule has 2 unspecified atom stereocenters. The van der Waals surface area contributed by atoms with Gasteiger partial charge in [0.25, 0.3) is 0 Å². The molecule has 5 heteroatoms. The van der Waals surface area contributed by atoms with Crippen molar-refractivity contribution in [3.05, 3.63) is 0 Å². The van der Waals surface area contributed by atoms with Gasteiger partial charge in [0.15, 0.2) is 0 Å². The van der Waals surface area contributed by atoms with Crippen LogP contribution in [-0.2, 0) is 9.59 Å². The van der Waals surface area contributed by atoms with E-state index in [-0.39, 0.29) is 12.5 Å². The lowest BCUT2D eigenvalue weighted by Gasteiger charge is -2.05. The minimum absolute atomic E-state index is 0.0255. The summed E-state index contributed by atoms with van der Waals surface area (Å²) in [6.45, 7) is 0. The Kier molecular flexibility index (Phi) is 2.65. The van der Waals surface area contributed by atoms with Crippen LogP contribution in [0.25, 0.3) is 0 Å². The first-order chi connectivity index (χ1) is 5.59. The molecular formula is C7H11NO4. The molecule has 2 atom stereocenters. The molecule has 0 saturated carbocycles. The summed E-state index contributed by atoms with van der Waals surface area (Å²) in [7, 11) is 0. The SMILES string of the molecule is O=C(O)CCC1CC(O)C(=O)N1. The third kappa shape index (κ3) is 2.20. The van der Waals surface area contributed by atoms with E-state index < -0.39 is 18.0 Å². The Bertz CT molecular complexity index is 204. The molecule has 68 valence electrons. The van der Waals surface area contributed by atoms with Gasteiger partial charge in [-0.3, -0.25) is 9.59 Å². The van der Waals surface area contributed by atoms with Crippen molar-refractivity contribution in [1.82, 2.24) is 5.32 Å². The third-order valence-electron chi connectivity index (χ3n) is 1.86. The molecule has 1 aliphatic rings. The third-order valence-corrected chi connectivity index (χ3v) is 1.86. The van der Waals surface area contributed by atoms with Crippen LogP contribution in [0.1, 0.15) is 19.3 Å². The average molecular weight is 173 g/mol. The lowest BCUT2D eigenvalue weighted by Crippen LogP contribution is -2.27. The number of aliphatic hydroxyl groups excluding tert-OH is 1. The van der Waals surface area contributed by atoms with Gasteiger partial charge in [0, 0.05) is 18.9 Å². The maximum Gasteiger partial charge on any atom is 0.303 e. The van der Waals surface area contributed by atoms with Gasteiger partial charge in [0.05, 0.1) is 0 Å². The van der Waals surface area contributed by atoms with E-state index in [0.29, 0.717) is 12.8 Å². The maximum atomic E-state index is 10.7. The van der Waals surface area contributed by atoms with Crippen molar-refractivity contribution >= 4 is 11.9 Å². The van der Waals surface area contributed by atoms with Crippen molar-refractivity contribution in [2.75, 3.05) is 0 Å². The maximum absolute atomic E-state index is 10.7. The fourth-order valence-corrected chi connectivity index (χ4v) is 1.22. The summed E-state index contributed by atoms with van der Waals surface area (Å²) in [6, 6.07) is -0.177. The number of amides is 1. The van der Waals surface area contributed by atoms with Gasteiger partial charge >= 0.3 is 5.97 Å². The second-order valence-electron chi connectivity index (χ2n) is 2.89. The fraction of sp³-hybridized carbons (Fsp3) is 0.714. The Balaban J connectivity index is 2.28. The topological polar surface area (TPSA) is 86.6 Å². The van der Waals surface area contributed by atoms with Crippen molar-refractivity contribution in [3.8, 4) is 0 Å². The zero-order valence-electron chi connectivity index (χ0n) is 6.49. The van der Waals surface area contributed by atoms with Crippen LogP contribution in [0.2, 0.25) is 0 Å².